The van der Waals surface area contributed by atoms with Gasteiger partial charge in [0.25, 0.3) is 5.91 Å². The molecule has 0 spiro atoms. The highest BCUT2D eigenvalue weighted by atomic mass is 79.9. The molecule has 0 aliphatic heterocycles. The molecule has 4 rings (SSSR count). The molecule has 0 aliphatic carbocycles. The summed E-state index contributed by atoms with van der Waals surface area (Å²) in [6, 6.07) is 14.9. The van der Waals surface area contributed by atoms with Crippen molar-refractivity contribution in [1.82, 2.24) is 25.0 Å². The lowest BCUT2D eigenvalue weighted by atomic mass is 10.2. The highest BCUT2D eigenvalue weighted by Crippen LogP contribution is 2.24. The molecule has 4 aromatic rings. The van der Waals surface area contributed by atoms with Crippen LogP contribution in [-0.2, 0) is 5.75 Å². The first-order chi connectivity index (χ1) is 14.6. The van der Waals surface area contributed by atoms with Crippen molar-refractivity contribution in [1.29, 1.82) is 0 Å². The fourth-order valence-corrected chi connectivity index (χ4v) is 3.71. The number of aromatic nitrogens is 5. The maximum atomic E-state index is 13.5. The van der Waals surface area contributed by atoms with Crippen LogP contribution in [0.1, 0.15) is 16.2 Å². The number of halogens is 2. The van der Waals surface area contributed by atoms with Gasteiger partial charge >= 0.3 is 0 Å². The van der Waals surface area contributed by atoms with Gasteiger partial charge < -0.3 is 5.32 Å². The maximum Gasteiger partial charge on any atom is 0.278 e. The predicted octanol–water partition coefficient (Wildman–Crippen LogP) is 4.50. The van der Waals surface area contributed by atoms with Crippen LogP contribution in [0, 0.1) is 5.82 Å². The third kappa shape index (κ3) is 4.71. The molecule has 0 fully saturated rings. The van der Waals surface area contributed by atoms with Gasteiger partial charge in [-0.25, -0.2) is 19.0 Å². The number of hydrogen-bond acceptors (Lipinski definition) is 6. The largest absolute Gasteiger partial charge is 0.320 e. The Balaban J connectivity index is 1.66. The highest BCUT2D eigenvalue weighted by molar-refractivity contribution is 9.10. The van der Waals surface area contributed by atoms with Crippen LogP contribution in [0.4, 0.5) is 10.1 Å². The summed E-state index contributed by atoms with van der Waals surface area (Å²) >= 11 is 4.77. The molecule has 0 atom stereocenters. The van der Waals surface area contributed by atoms with E-state index in [4.69, 9.17) is 0 Å². The van der Waals surface area contributed by atoms with E-state index in [1.807, 2.05) is 24.3 Å². The van der Waals surface area contributed by atoms with Crippen molar-refractivity contribution in [2.45, 2.75) is 10.9 Å². The number of rotatable bonds is 6. The van der Waals surface area contributed by atoms with Crippen molar-refractivity contribution in [3.63, 3.8) is 0 Å². The van der Waals surface area contributed by atoms with Gasteiger partial charge in [0, 0.05) is 28.3 Å². The number of nitrogens with zero attached hydrogens (tertiary/aromatic N) is 5. The Bertz CT molecular complexity index is 1170. The monoisotopic (exact) mass is 484 g/mol. The Hall–Kier alpha value is -3.11. The second-order valence-corrected chi connectivity index (χ2v) is 7.92. The van der Waals surface area contributed by atoms with Crippen molar-refractivity contribution in [3.05, 3.63) is 88.7 Å². The number of thioether (sulfide) groups is 1. The number of hydrogen-bond donors (Lipinski definition) is 1. The lowest BCUT2D eigenvalue weighted by Gasteiger charge is -2.08. The van der Waals surface area contributed by atoms with E-state index in [0.29, 0.717) is 22.3 Å². The van der Waals surface area contributed by atoms with Gasteiger partial charge in [0.15, 0.2) is 10.9 Å². The number of amides is 1. The minimum Gasteiger partial charge on any atom is -0.320 e. The molecule has 7 nitrogen and oxygen atoms in total. The first-order valence-electron chi connectivity index (χ1n) is 8.77. The molecule has 2 aromatic heterocycles. The van der Waals surface area contributed by atoms with Crippen molar-refractivity contribution < 1.29 is 9.18 Å². The minimum absolute atomic E-state index is 0.144. The molecular weight excluding hydrogens is 471 g/mol. The summed E-state index contributed by atoms with van der Waals surface area (Å²) in [6.07, 6.45) is 3.30. The summed E-state index contributed by atoms with van der Waals surface area (Å²) in [5.41, 5.74) is 1.80. The van der Waals surface area contributed by atoms with E-state index in [2.05, 4.69) is 41.5 Å². The van der Waals surface area contributed by atoms with Gasteiger partial charge in [0.1, 0.15) is 5.82 Å². The Labute approximate surface area is 183 Å². The average Bonchev–Trinajstić information content (AvgIpc) is 3.17. The van der Waals surface area contributed by atoms with Crippen molar-refractivity contribution >= 4 is 39.3 Å². The molecular formula is C20H14BrFN6OS. The zero-order valence-corrected chi connectivity index (χ0v) is 17.8. The van der Waals surface area contributed by atoms with Crippen LogP contribution in [-0.4, -0.2) is 30.9 Å². The number of anilines is 1. The highest BCUT2D eigenvalue weighted by Gasteiger charge is 2.21. The van der Waals surface area contributed by atoms with Crippen molar-refractivity contribution in [2.24, 2.45) is 0 Å². The van der Waals surface area contributed by atoms with E-state index in [9.17, 15) is 9.18 Å². The Morgan fingerprint density at radius 3 is 2.60 bits per heavy atom. The Morgan fingerprint density at radius 1 is 1.10 bits per heavy atom. The average molecular weight is 485 g/mol. The van der Waals surface area contributed by atoms with Crippen LogP contribution in [0.2, 0.25) is 0 Å². The first-order valence-corrected chi connectivity index (χ1v) is 10.6. The number of carbonyl (C=O) groups is 1. The van der Waals surface area contributed by atoms with E-state index < -0.39 is 11.7 Å². The van der Waals surface area contributed by atoms with Gasteiger partial charge in [-0.15, -0.1) is 5.10 Å². The van der Waals surface area contributed by atoms with Crippen molar-refractivity contribution in [2.75, 3.05) is 5.32 Å². The van der Waals surface area contributed by atoms with E-state index in [1.54, 1.807) is 29.2 Å². The summed E-state index contributed by atoms with van der Waals surface area (Å²) in [5.74, 6) is -0.559. The molecule has 0 unspecified atom stereocenters. The molecule has 10 heteroatoms. The summed E-state index contributed by atoms with van der Waals surface area (Å²) in [5, 5.41) is 11.5. The SMILES string of the molecule is O=C(Nc1cccc(F)c1)c1nnn(-c2ccc(Br)cc2)c1CSc1ncccn1. The fourth-order valence-electron chi connectivity index (χ4n) is 2.65. The zero-order valence-electron chi connectivity index (χ0n) is 15.4. The molecule has 0 aliphatic rings. The molecule has 30 heavy (non-hydrogen) atoms. The molecule has 0 radical (unpaired) electrons. The van der Waals surface area contributed by atoms with E-state index in [0.717, 1.165) is 10.2 Å². The quantitative estimate of drug-likeness (QED) is 0.320. The maximum absolute atomic E-state index is 13.5. The van der Waals surface area contributed by atoms with E-state index in [1.165, 1.54) is 30.0 Å². The van der Waals surface area contributed by atoms with Crippen LogP contribution < -0.4 is 5.32 Å². The smallest absolute Gasteiger partial charge is 0.278 e. The van der Waals surface area contributed by atoms with E-state index >= 15 is 0 Å². The Kier molecular flexibility index (Phi) is 6.15. The van der Waals surface area contributed by atoms with Crippen LogP contribution >= 0.6 is 27.7 Å². The van der Waals surface area contributed by atoms with Gasteiger partial charge in [0.2, 0.25) is 0 Å². The second kappa shape index (κ2) is 9.14. The van der Waals surface area contributed by atoms with Crippen LogP contribution in [0.5, 0.6) is 0 Å². The minimum atomic E-state index is -0.478. The number of benzene rings is 2. The van der Waals surface area contributed by atoms with Gasteiger partial charge in [0.05, 0.1) is 11.4 Å². The lowest BCUT2D eigenvalue weighted by Crippen LogP contribution is -2.15. The molecule has 1 N–H and O–H groups in total. The standard InChI is InChI=1S/C20H14BrFN6OS/c21-13-5-7-16(8-6-13)28-17(12-30-20-23-9-2-10-24-20)18(26-27-28)19(29)25-15-4-1-3-14(22)11-15/h1-11H,12H2,(H,25,29). The summed E-state index contributed by atoms with van der Waals surface area (Å²) in [7, 11) is 0. The van der Waals surface area contributed by atoms with Gasteiger partial charge in [-0.1, -0.05) is 39.0 Å². The molecule has 0 saturated carbocycles. The third-order valence-corrected chi connectivity index (χ3v) is 5.43. The zero-order chi connectivity index (χ0) is 20.9. The first kappa shape index (κ1) is 20.2. The number of nitrogens with one attached hydrogen (secondary N) is 1. The van der Waals surface area contributed by atoms with Crippen LogP contribution in [0.15, 0.2) is 76.6 Å². The topological polar surface area (TPSA) is 85.6 Å². The van der Waals surface area contributed by atoms with Crippen LogP contribution in [0.3, 0.4) is 0 Å². The van der Waals surface area contributed by atoms with Crippen LogP contribution in [0.25, 0.3) is 5.69 Å². The van der Waals surface area contributed by atoms with Crippen molar-refractivity contribution in [3.8, 4) is 5.69 Å². The second-order valence-electron chi connectivity index (χ2n) is 6.06. The third-order valence-electron chi connectivity index (χ3n) is 4.01. The Morgan fingerprint density at radius 2 is 1.87 bits per heavy atom. The fraction of sp³-hybridized carbons (Fsp3) is 0.0500. The summed E-state index contributed by atoms with van der Waals surface area (Å²) in [6.45, 7) is 0. The number of carbonyl (C=O) groups excluding carboxylic acids is 1. The molecule has 0 saturated heterocycles. The molecule has 150 valence electrons. The molecule has 1 amide bonds. The normalized spacial score (nSPS) is 10.7. The summed E-state index contributed by atoms with van der Waals surface area (Å²) in [4.78, 5) is 21.3. The molecule has 2 aromatic carbocycles. The molecule has 0 bridgehead atoms. The lowest BCUT2D eigenvalue weighted by molar-refractivity contribution is 0.102. The summed E-state index contributed by atoms with van der Waals surface area (Å²) < 4.78 is 16.0. The van der Waals surface area contributed by atoms with Gasteiger partial charge in [-0.3, -0.25) is 4.79 Å². The van der Waals surface area contributed by atoms with Gasteiger partial charge in [-0.2, -0.15) is 0 Å². The molecule has 2 heterocycles. The van der Waals surface area contributed by atoms with Gasteiger partial charge in [-0.05, 0) is 48.5 Å². The van der Waals surface area contributed by atoms with E-state index in [-0.39, 0.29) is 5.69 Å². The predicted molar refractivity (Wildman–Crippen MR) is 115 cm³/mol.